The van der Waals surface area contributed by atoms with Gasteiger partial charge in [0.05, 0.1) is 11.1 Å². The zero-order valence-electron chi connectivity index (χ0n) is 16.2. The molecule has 0 saturated carbocycles. The molecule has 6 nitrogen and oxygen atoms in total. The summed E-state index contributed by atoms with van der Waals surface area (Å²) in [5.74, 6) is -0.706. The van der Waals surface area contributed by atoms with E-state index < -0.39 is 11.4 Å². The Morgan fingerprint density at radius 2 is 1.82 bits per heavy atom. The molecule has 0 spiro atoms. The fourth-order valence-electron chi connectivity index (χ4n) is 4.45. The number of hydrogen-bond donors (Lipinski definition) is 2. The molecule has 0 atom stereocenters. The first kappa shape index (κ1) is 19.1. The van der Waals surface area contributed by atoms with Crippen molar-refractivity contribution >= 4 is 16.8 Å². The third-order valence-corrected chi connectivity index (χ3v) is 6.12. The molecular formula is C21H27FN4O2. The molecule has 2 aliphatic heterocycles. The van der Waals surface area contributed by atoms with Gasteiger partial charge < -0.3 is 20.1 Å². The molecule has 28 heavy (non-hydrogen) atoms. The first-order chi connectivity index (χ1) is 13.5. The van der Waals surface area contributed by atoms with E-state index in [0.717, 1.165) is 39.0 Å². The van der Waals surface area contributed by atoms with Gasteiger partial charge in [0.2, 0.25) is 5.56 Å². The lowest BCUT2D eigenvalue weighted by Gasteiger charge is -2.41. The molecule has 0 unspecified atom stereocenters. The number of amides is 1. The minimum atomic E-state index is -0.443. The van der Waals surface area contributed by atoms with Gasteiger partial charge in [-0.25, -0.2) is 4.39 Å². The van der Waals surface area contributed by atoms with Crippen LogP contribution >= 0.6 is 0 Å². The number of halogens is 1. The van der Waals surface area contributed by atoms with E-state index >= 15 is 0 Å². The molecule has 1 amide bonds. The van der Waals surface area contributed by atoms with Gasteiger partial charge in [-0.1, -0.05) is 0 Å². The zero-order chi connectivity index (χ0) is 19.7. The maximum atomic E-state index is 13.5. The smallest absolute Gasteiger partial charge is 0.252 e. The number of likely N-dealkylation sites (tertiary alicyclic amines) is 2. The lowest BCUT2D eigenvalue weighted by atomic mass is 9.97. The summed E-state index contributed by atoms with van der Waals surface area (Å²) in [5.41, 5.74) is 0.242. The summed E-state index contributed by atoms with van der Waals surface area (Å²) in [5, 5.41) is 3.64. The summed E-state index contributed by atoms with van der Waals surface area (Å²) in [6, 6.07) is 6.14. The van der Waals surface area contributed by atoms with Gasteiger partial charge in [0.15, 0.2) is 0 Å². The van der Waals surface area contributed by atoms with Crippen LogP contribution in [0.2, 0.25) is 0 Å². The SMILES string of the molecule is CN1CCC(N2CCC(NC(=O)c3cc(=O)[nH]c4cc(F)ccc34)CC2)CC1. The van der Waals surface area contributed by atoms with Gasteiger partial charge in [-0.2, -0.15) is 0 Å². The largest absolute Gasteiger partial charge is 0.349 e. The molecule has 2 aromatic rings. The summed E-state index contributed by atoms with van der Waals surface area (Å²) in [6.07, 6.45) is 4.24. The zero-order valence-corrected chi connectivity index (χ0v) is 16.2. The Kier molecular flexibility index (Phi) is 5.46. The van der Waals surface area contributed by atoms with E-state index in [9.17, 15) is 14.0 Å². The van der Waals surface area contributed by atoms with Crippen LogP contribution in [0.4, 0.5) is 4.39 Å². The maximum absolute atomic E-state index is 13.5. The molecule has 3 heterocycles. The van der Waals surface area contributed by atoms with E-state index in [1.165, 1.54) is 37.1 Å². The second-order valence-electron chi connectivity index (χ2n) is 8.06. The summed E-state index contributed by atoms with van der Waals surface area (Å²) >= 11 is 0. The van der Waals surface area contributed by atoms with E-state index in [1.54, 1.807) is 0 Å². The number of rotatable bonds is 3. The van der Waals surface area contributed by atoms with Crippen molar-refractivity contribution in [1.29, 1.82) is 0 Å². The molecule has 1 aromatic carbocycles. The molecule has 7 heteroatoms. The number of aromatic amines is 1. The summed E-state index contributed by atoms with van der Waals surface area (Å²) in [7, 11) is 2.17. The normalized spacial score (nSPS) is 20.5. The molecule has 0 radical (unpaired) electrons. The van der Waals surface area contributed by atoms with Crippen LogP contribution in [0.3, 0.4) is 0 Å². The van der Waals surface area contributed by atoms with Crippen molar-refractivity contribution in [2.24, 2.45) is 0 Å². The molecule has 150 valence electrons. The van der Waals surface area contributed by atoms with Gasteiger partial charge in [-0.05, 0) is 64.0 Å². The maximum Gasteiger partial charge on any atom is 0.252 e. The topological polar surface area (TPSA) is 68.4 Å². The van der Waals surface area contributed by atoms with Crippen LogP contribution in [-0.2, 0) is 0 Å². The van der Waals surface area contributed by atoms with Crippen molar-refractivity contribution in [3.05, 3.63) is 46.0 Å². The highest BCUT2D eigenvalue weighted by molar-refractivity contribution is 6.06. The van der Waals surface area contributed by atoms with Crippen molar-refractivity contribution in [3.63, 3.8) is 0 Å². The van der Waals surface area contributed by atoms with Crippen molar-refractivity contribution in [2.75, 3.05) is 33.2 Å². The van der Waals surface area contributed by atoms with Gasteiger partial charge in [0.25, 0.3) is 5.91 Å². The molecule has 0 aliphatic carbocycles. The number of pyridine rings is 1. The van der Waals surface area contributed by atoms with Gasteiger partial charge in [-0.3, -0.25) is 9.59 Å². The number of nitrogens with zero attached hydrogens (tertiary/aromatic N) is 2. The van der Waals surface area contributed by atoms with E-state index in [1.807, 2.05) is 0 Å². The average Bonchev–Trinajstić information content (AvgIpc) is 2.68. The first-order valence-electron chi connectivity index (χ1n) is 10.1. The number of carbonyl (C=O) groups excluding carboxylic acids is 1. The van der Waals surface area contributed by atoms with E-state index in [4.69, 9.17) is 0 Å². The van der Waals surface area contributed by atoms with E-state index in [2.05, 4.69) is 27.1 Å². The number of nitrogens with one attached hydrogen (secondary N) is 2. The van der Waals surface area contributed by atoms with Gasteiger partial charge >= 0.3 is 0 Å². The highest BCUT2D eigenvalue weighted by Crippen LogP contribution is 2.21. The quantitative estimate of drug-likeness (QED) is 0.846. The highest BCUT2D eigenvalue weighted by Gasteiger charge is 2.28. The summed E-state index contributed by atoms with van der Waals surface area (Å²) < 4.78 is 13.5. The molecule has 0 bridgehead atoms. The van der Waals surface area contributed by atoms with Crippen molar-refractivity contribution in [2.45, 2.75) is 37.8 Å². The Labute approximate surface area is 163 Å². The van der Waals surface area contributed by atoms with Crippen LogP contribution < -0.4 is 10.9 Å². The number of carbonyl (C=O) groups is 1. The van der Waals surface area contributed by atoms with E-state index in [-0.39, 0.29) is 11.9 Å². The van der Waals surface area contributed by atoms with Crippen LogP contribution in [0.15, 0.2) is 29.1 Å². The second-order valence-corrected chi connectivity index (χ2v) is 8.06. The van der Waals surface area contributed by atoms with Gasteiger partial charge in [0, 0.05) is 36.6 Å². The monoisotopic (exact) mass is 386 g/mol. The highest BCUT2D eigenvalue weighted by atomic mass is 19.1. The first-order valence-corrected chi connectivity index (χ1v) is 10.1. The second kappa shape index (κ2) is 8.01. The fourth-order valence-corrected chi connectivity index (χ4v) is 4.45. The van der Waals surface area contributed by atoms with Gasteiger partial charge in [-0.15, -0.1) is 0 Å². The Balaban J connectivity index is 1.40. The number of H-pyrrole nitrogens is 1. The standard InChI is InChI=1S/C21H27FN4O2/c1-25-8-6-16(7-9-25)26-10-4-15(5-11-26)23-21(28)18-13-20(27)24-19-12-14(22)2-3-17(18)19/h2-3,12-13,15-16H,4-11H2,1H3,(H,23,28)(H,24,27). The van der Waals surface area contributed by atoms with Crippen LogP contribution in [0.5, 0.6) is 0 Å². The number of aromatic nitrogens is 1. The van der Waals surface area contributed by atoms with Crippen LogP contribution in [0.25, 0.3) is 10.9 Å². The van der Waals surface area contributed by atoms with Crippen molar-refractivity contribution < 1.29 is 9.18 Å². The average molecular weight is 386 g/mol. The predicted molar refractivity (Wildman–Crippen MR) is 107 cm³/mol. The predicted octanol–water partition coefficient (Wildman–Crippen LogP) is 1.96. The van der Waals surface area contributed by atoms with Crippen LogP contribution in [0, 0.1) is 5.82 Å². The molecule has 2 N–H and O–H groups in total. The Morgan fingerprint density at radius 3 is 2.54 bits per heavy atom. The molecule has 4 rings (SSSR count). The third kappa shape index (κ3) is 4.10. The number of piperidine rings is 2. The minimum Gasteiger partial charge on any atom is -0.349 e. The molecule has 1 aromatic heterocycles. The van der Waals surface area contributed by atoms with Gasteiger partial charge in [0.1, 0.15) is 5.82 Å². The Morgan fingerprint density at radius 1 is 1.11 bits per heavy atom. The number of hydrogen-bond acceptors (Lipinski definition) is 4. The van der Waals surface area contributed by atoms with Crippen LogP contribution in [0.1, 0.15) is 36.0 Å². The Hall–Kier alpha value is -2.25. The number of fused-ring (bicyclic) bond motifs is 1. The number of benzene rings is 1. The minimum absolute atomic E-state index is 0.102. The molecule has 2 fully saturated rings. The third-order valence-electron chi connectivity index (χ3n) is 6.12. The van der Waals surface area contributed by atoms with Crippen LogP contribution in [-0.4, -0.2) is 66.0 Å². The van der Waals surface area contributed by atoms with E-state index in [0.29, 0.717) is 22.5 Å². The molecular weight excluding hydrogens is 359 g/mol. The Bertz CT molecular complexity index is 912. The molecule has 2 saturated heterocycles. The summed E-state index contributed by atoms with van der Waals surface area (Å²) in [6.45, 7) is 4.27. The summed E-state index contributed by atoms with van der Waals surface area (Å²) in [4.78, 5) is 32.2. The van der Waals surface area contributed by atoms with Crippen molar-refractivity contribution in [3.8, 4) is 0 Å². The fraction of sp³-hybridized carbons (Fsp3) is 0.524. The lowest BCUT2D eigenvalue weighted by molar-refractivity contribution is 0.0808. The van der Waals surface area contributed by atoms with Crippen molar-refractivity contribution in [1.82, 2.24) is 20.1 Å². The lowest BCUT2D eigenvalue weighted by Crippen LogP contribution is -2.50. The molecule has 2 aliphatic rings.